The molecule has 1 nitrogen and oxygen atoms in total. The van der Waals surface area contributed by atoms with E-state index in [2.05, 4.69) is 3.77 Å². The summed E-state index contributed by atoms with van der Waals surface area (Å²) in [7, 11) is 0. The van der Waals surface area contributed by atoms with Gasteiger partial charge in [0.2, 0.25) is 5.75 Å². The van der Waals surface area contributed by atoms with Gasteiger partial charge in [-0.05, 0) is 0 Å². The number of rotatable bonds is 0. The molecule has 0 aliphatic carbocycles. The van der Waals surface area contributed by atoms with Gasteiger partial charge in [0.05, 0.1) is 5.75 Å². The fraction of sp³-hybridized carbons (Fsp3) is 1.00. The molecule has 3 heteroatoms. The smallest absolute Gasteiger partial charge is 0.0434 e. The highest BCUT2D eigenvalue weighted by atomic mass is 32.2. The van der Waals surface area contributed by atoms with Crippen molar-refractivity contribution in [3.8, 4) is 0 Å². The molecule has 1 heterocycles. The Bertz CT molecular complexity index is 45.6. The van der Waals surface area contributed by atoms with Crippen LogP contribution in [0.3, 0.4) is 0 Å². The van der Waals surface area contributed by atoms with Gasteiger partial charge in [-0.2, -0.15) is 0 Å². The summed E-state index contributed by atoms with van der Waals surface area (Å²) >= 11 is 3.32. The zero-order chi connectivity index (χ0) is 3.54. The van der Waals surface area contributed by atoms with Gasteiger partial charge in [-0.3, -0.25) is 0 Å². The Balaban J connectivity index is 2.32. The van der Waals surface area contributed by atoms with Crippen LogP contribution in [0.5, 0.6) is 0 Å². The molecule has 1 aliphatic rings. The monoisotopic (exact) mass is 106 g/mol. The molecule has 1 aliphatic heterocycles. The Morgan fingerprint density at radius 2 is 2.80 bits per heavy atom. The number of nitrogens with zero attached hydrogens (tertiary/aromatic N) is 1. The Labute approximate surface area is 39.4 Å². The van der Waals surface area contributed by atoms with Crippen molar-refractivity contribution in [1.82, 2.24) is 0 Å². The lowest BCUT2D eigenvalue weighted by molar-refractivity contribution is 1.58. The van der Waals surface area contributed by atoms with Crippen molar-refractivity contribution < 1.29 is 0 Å². The molecule has 0 bridgehead atoms. The van der Waals surface area contributed by atoms with Crippen molar-refractivity contribution in [1.29, 1.82) is 0 Å². The van der Waals surface area contributed by atoms with Crippen molar-refractivity contribution in [3.05, 3.63) is 0 Å². The van der Waals surface area contributed by atoms with E-state index in [1.807, 2.05) is 0 Å². The van der Waals surface area contributed by atoms with Crippen LogP contribution in [0.4, 0.5) is 0 Å². The van der Waals surface area contributed by atoms with Crippen LogP contribution in [0.15, 0.2) is 3.77 Å². The van der Waals surface area contributed by atoms with E-state index in [-0.39, 0.29) is 0 Å². The minimum absolute atomic E-state index is 1.21. The molecule has 0 spiro atoms. The molecule has 0 aromatic carbocycles. The van der Waals surface area contributed by atoms with Crippen LogP contribution in [0.2, 0.25) is 0 Å². The second-order valence-electron chi connectivity index (χ2n) is 0.741. The van der Waals surface area contributed by atoms with E-state index in [4.69, 9.17) is 0 Å². The Kier molecular flexibility index (Phi) is 1.22. The molecule has 0 saturated carbocycles. The highest BCUT2D eigenvalue weighted by Crippen LogP contribution is 2.05. The highest BCUT2D eigenvalue weighted by molar-refractivity contribution is 8.04. The first-order chi connectivity index (χ1) is 2.50. The van der Waals surface area contributed by atoms with E-state index >= 15 is 0 Å². The fourth-order valence-electron chi connectivity index (χ4n) is 0.186. The van der Waals surface area contributed by atoms with Gasteiger partial charge in [-0.25, -0.2) is 0 Å². The molecule has 0 saturated heterocycles. The predicted octanol–water partition coefficient (Wildman–Crippen LogP) is 0.914. The molecule has 0 N–H and O–H groups in total. The maximum absolute atomic E-state index is 3.92. The van der Waals surface area contributed by atoms with Crippen molar-refractivity contribution in [3.63, 3.8) is 0 Å². The third-order valence-electron chi connectivity index (χ3n) is 0.371. The molecule has 1 rings (SSSR count). The van der Waals surface area contributed by atoms with Gasteiger partial charge in [-0.15, -0.1) is 0 Å². The topological polar surface area (TPSA) is 12.4 Å². The fourth-order valence-corrected chi connectivity index (χ4v) is 1.68. The van der Waals surface area contributed by atoms with Crippen molar-refractivity contribution >= 4 is 23.5 Å². The molecule has 0 amide bonds. The summed E-state index contributed by atoms with van der Waals surface area (Å²) in [4.78, 5) is 0. The van der Waals surface area contributed by atoms with Crippen molar-refractivity contribution in [2.24, 2.45) is 3.77 Å². The van der Waals surface area contributed by atoms with Crippen LogP contribution in [0, 0.1) is 0 Å². The number of hydrogen-bond donors (Lipinski definition) is 0. The van der Waals surface area contributed by atoms with E-state index in [9.17, 15) is 0 Å². The van der Waals surface area contributed by atoms with Gasteiger partial charge in [-0.1, -0.05) is 0 Å². The third-order valence-corrected chi connectivity index (χ3v) is 2.25. The number of hydrogen-bond acceptors (Lipinski definition) is 2. The molecule has 0 fully saturated rings. The molecule has 5 heavy (non-hydrogen) atoms. The van der Waals surface area contributed by atoms with Crippen LogP contribution < -0.4 is 0 Å². The maximum Gasteiger partial charge on any atom is 0.324 e. The lowest BCUT2D eigenvalue weighted by atomic mass is 11.0. The van der Waals surface area contributed by atoms with E-state index < -0.39 is 0 Å². The van der Waals surface area contributed by atoms with E-state index in [0.29, 0.717) is 0 Å². The summed E-state index contributed by atoms with van der Waals surface area (Å²) in [6, 6.07) is 0. The van der Waals surface area contributed by atoms with Gasteiger partial charge < -0.3 is 0 Å². The van der Waals surface area contributed by atoms with E-state index in [1.165, 1.54) is 11.5 Å². The maximum atomic E-state index is 3.92. The third kappa shape index (κ3) is 0.851. The first-order valence-corrected chi connectivity index (χ1v) is 3.33. The average molecular weight is 106 g/mol. The summed E-state index contributed by atoms with van der Waals surface area (Å²) in [5.41, 5.74) is 0. The minimum Gasteiger partial charge on any atom is 0.0434 e. The second-order valence-corrected chi connectivity index (χ2v) is 2.67. The molecule has 0 aromatic rings. The van der Waals surface area contributed by atoms with Crippen molar-refractivity contribution in [2.75, 3.05) is 11.5 Å². The Hall–Kier alpha value is 0.370. The van der Waals surface area contributed by atoms with Gasteiger partial charge in [0, 0.05) is 15.7 Å². The first-order valence-electron chi connectivity index (χ1n) is 1.44. The second kappa shape index (κ2) is 1.72. The summed E-state index contributed by atoms with van der Waals surface area (Å²) in [6.45, 7) is 0. The van der Waals surface area contributed by atoms with Crippen LogP contribution in [0.25, 0.3) is 0 Å². The first kappa shape index (κ1) is 3.56. The van der Waals surface area contributed by atoms with Gasteiger partial charge in [0.1, 0.15) is 0 Å². The lowest BCUT2D eigenvalue weighted by Gasteiger charge is -1.54. The molecule has 0 atom stereocenters. The van der Waals surface area contributed by atoms with Gasteiger partial charge in [0.25, 0.3) is 0 Å². The molecule has 0 unspecified atom stereocenters. The van der Waals surface area contributed by atoms with Gasteiger partial charge in [0.15, 0.2) is 0 Å². The van der Waals surface area contributed by atoms with Crippen LogP contribution in [-0.4, -0.2) is 11.5 Å². The lowest BCUT2D eigenvalue weighted by Crippen LogP contribution is -1.71. The Morgan fingerprint density at radius 3 is 3.00 bits per heavy atom. The Morgan fingerprint density at radius 1 is 1.80 bits per heavy atom. The standard InChI is InChI=1S/C2H4NS2/c1-2-5-3-4-1/h1-2H2/q+1. The molecule has 0 aromatic heterocycles. The van der Waals surface area contributed by atoms with E-state index in [0.717, 1.165) is 0 Å². The summed E-state index contributed by atoms with van der Waals surface area (Å²) in [5, 5.41) is 0. The average Bonchev–Trinajstić information content (AvgIpc) is 1.76. The molecule has 28 valence electrons. The largest absolute Gasteiger partial charge is 0.324 e. The van der Waals surface area contributed by atoms with E-state index in [1.54, 1.807) is 23.5 Å². The quantitative estimate of drug-likeness (QED) is 0.330. The summed E-state index contributed by atoms with van der Waals surface area (Å²) in [5.74, 6) is 2.43. The van der Waals surface area contributed by atoms with Crippen LogP contribution >= 0.6 is 11.9 Å². The predicted molar refractivity (Wildman–Crippen MR) is 27.1 cm³/mol. The normalized spacial score (nSPS) is 20.8. The minimum atomic E-state index is 1.21. The van der Waals surface area contributed by atoms with Crippen molar-refractivity contribution in [2.45, 2.75) is 0 Å². The summed E-state index contributed by atoms with van der Waals surface area (Å²) in [6.07, 6.45) is 0. The zero-order valence-electron chi connectivity index (χ0n) is 2.68. The van der Waals surface area contributed by atoms with Crippen LogP contribution in [-0.2, 0) is 11.6 Å². The zero-order valence-corrected chi connectivity index (χ0v) is 4.31. The summed E-state index contributed by atoms with van der Waals surface area (Å²) < 4.78 is 3.92. The molecular weight excluding hydrogens is 102 g/mol. The highest BCUT2D eigenvalue weighted by Gasteiger charge is 2.04. The molecule has 0 radical (unpaired) electrons. The van der Waals surface area contributed by atoms with Gasteiger partial charge >= 0.3 is 11.6 Å². The molecular formula is C2H4NS2+. The SMILES string of the molecule is C1C[S+]=NS1. The van der Waals surface area contributed by atoms with Crippen LogP contribution in [0.1, 0.15) is 0 Å².